The lowest BCUT2D eigenvalue weighted by Crippen LogP contribution is -2.10. The zero-order chi connectivity index (χ0) is 18.3. The Balaban J connectivity index is 1.70. The number of furan rings is 1. The molecule has 0 bridgehead atoms. The molecule has 1 amide bonds. The van der Waals surface area contributed by atoms with Gasteiger partial charge in [-0.15, -0.1) is 0 Å². The van der Waals surface area contributed by atoms with E-state index in [0.717, 1.165) is 22.0 Å². The van der Waals surface area contributed by atoms with Crippen LogP contribution in [0.4, 0.5) is 5.69 Å². The third-order valence-corrected chi connectivity index (χ3v) is 4.33. The van der Waals surface area contributed by atoms with Crippen molar-refractivity contribution in [2.24, 2.45) is 0 Å². The number of nitrogens with one attached hydrogen (secondary N) is 1. The van der Waals surface area contributed by atoms with Gasteiger partial charge in [-0.3, -0.25) is 14.6 Å². The van der Waals surface area contributed by atoms with Gasteiger partial charge in [-0.05, 0) is 56.3 Å². The number of carbonyl (C=O) groups is 2. The Bertz CT molecular complexity index is 1160. The van der Waals surface area contributed by atoms with Gasteiger partial charge in [0.15, 0.2) is 11.5 Å². The molecule has 2 aromatic carbocycles. The summed E-state index contributed by atoms with van der Waals surface area (Å²) < 4.78 is 5.85. The van der Waals surface area contributed by atoms with E-state index in [0.29, 0.717) is 16.8 Å². The third-order valence-electron chi connectivity index (χ3n) is 4.33. The van der Waals surface area contributed by atoms with Gasteiger partial charge >= 0.3 is 0 Å². The van der Waals surface area contributed by atoms with E-state index >= 15 is 0 Å². The number of benzene rings is 2. The highest BCUT2D eigenvalue weighted by atomic mass is 16.3. The van der Waals surface area contributed by atoms with Crippen molar-refractivity contribution in [2.45, 2.75) is 13.8 Å². The summed E-state index contributed by atoms with van der Waals surface area (Å²) in [5, 5.41) is 4.48. The quantitative estimate of drug-likeness (QED) is 0.545. The highest BCUT2D eigenvalue weighted by Crippen LogP contribution is 2.29. The molecule has 2 aromatic heterocycles. The number of para-hydroxylation sites is 1. The SMILES string of the molecule is CC(=O)c1ccc(NC(=O)c2cc3c(C)nc4ccccc4c3o2)cc1. The molecule has 2 heterocycles. The second-order valence-electron chi connectivity index (χ2n) is 6.16. The lowest BCUT2D eigenvalue weighted by atomic mass is 10.1. The molecule has 0 aliphatic carbocycles. The Labute approximate surface area is 149 Å². The molecule has 128 valence electrons. The fourth-order valence-electron chi connectivity index (χ4n) is 2.96. The fourth-order valence-corrected chi connectivity index (χ4v) is 2.96. The Kier molecular flexibility index (Phi) is 3.77. The van der Waals surface area contributed by atoms with Crippen molar-refractivity contribution >= 4 is 39.2 Å². The standard InChI is InChI=1S/C21H16N2O3/c1-12-17-11-19(26-20(17)16-5-3-4-6-18(16)22-12)21(25)23-15-9-7-14(8-10-15)13(2)24/h3-11H,1-2H3,(H,23,25). The number of Topliss-reactive ketones (excluding diaryl/α,β-unsaturated/α-hetero) is 1. The number of fused-ring (bicyclic) bond motifs is 3. The van der Waals surface area contributed by atoms with Crippen LogP contribution in [0, 0.1) is 6.92 Å². The van der Waals surface area contributed by atoms with Crippen molar-refractivity contribution in [1.29, 1.82) is 0 Å². The normalized spacial score (nSPS) is 11.0. The van der Waals surface area contributed by atoms with Gasteiger partial charge in [0.1, 0.15) is 5.58 Å². The molecule has 0 radical (unpaired) electrons. The molecular formula is C21H16N2O3. The first kappa shape index (κ1) is 16.0. The maximum atomic E-state index is 12.6. The molecule has 4 aromatic rings. The summed E-state index contributed by atoms with van der Waals surface area (Å²) >= 11 is 0. The van der Waals surface area contributed by atoms with Crippen LogP contribution in [0.3, 0.4) is 0 Å². The number of rotatable bonds is 3. The summed E-state index contributed by atoms with van der Waals surface area (Å²) in [6.07, 6.45) is 0. The van der Waals surface area contributed by atoms with Crippen LogP contribution in [0.1, 0.15) is 33.5 Å². The molecule has 5 heteroatoms. The van der Waals surface area contributed by atoms with Gasteiger partial charge in [-0.25, -0.2) is 0 Å². The zero-order valence-electron chi connectivity index (χ0n) is 14.4. The zero-order valence-corrected chi connectivity index (χ0v) is 14.4. The molecule has 1 N–H and O–H groups in total. The minimum Gasteiger partial charge on any atom is -0.450 e. The molecule has 0 spiro atoms. The smallest absolute Gasteiger partial charge is 0.291 e. The molecule has 26 heavy (non-hydrogen) atoms. The highest BCUT2D eigenvalue weighted by Gasteiger charge is 2.16. The summed E-state index contributed by atoms with van der Waals surface area (Å²) in [5.41, 5.74) is 3.50. The summed E-state index contributed by atoms with van der Waals surface area (Å²) in [6.45, 7) is 3.40. The van der Waals surface area contributed by atoms with E-state index in [2.05, 4.69) is 10.3 Å². The second-order valence-corrected chi connectivity index (χ2v) is 6.16. The monoisotopic (exact) mass is 344 g/mol. The Hall–Kier alpha value is -3.47. The second kappa shape index (κ2) is 6.11. The van der Waals surface area contributed by atoms with Crippen molar-refractivity contribution in [3.05, 3.63) is 71.6 Å². The number of carbonyl (C=O) groups excluding carboxylic acids is 2. The summed E-state index contributed by atoms with van der Waals surface area (Å²) in [5.74, 6) is -0.146. The molecule has 0 fully saturated rings. The highest BCUT2D eigenvalue weighted by molar-refractivity contribution is 6.09. The third kappa shape index (κ3) is 2.73. The average molecular weight is 344 g/mol. The van der Waals surface area contributed by atoms with Gasteiger partial charge in [0, 0.05) is 27.7 Å². The molecule has 4 rings (SSSR count). The number of ketones is 1. The molecular weight excluding hydrogens is 328 g/mol. The van der Waals surface area contributed by atoms with Crippen LogP contribution in [0.25, 0.3) is 21.9 Å². The molecule has 5 nitrogen and oxygen atoms in total. The van der Waals surface area contributed by atoms with E-state index in [4.69, 9.17) is 4.42 Å². The van der Waals surface area contributed by atoms with Crippen molar-refractivity contribution in [2.75, 3.05) is 5.32 Å². The topological polar surface area (TPSA) is 72.2 Å². The van der Waals surface area contributed by atoms with Crippen LogP contribution in [0.5, 0.6) is 0 Å². The first-order chi connectivity index (χ1) is 12.5. The predicted octanol–water partition coefficient (Wildman–Crippen LogP) is 4.74. The van der Waals surface area contributed by atoms with Crippen LogP contribution in [-0.2, 0) is 0 Å². The maximum absolute atomic E-state index is 12.6. The number of amides is 1. The van der Waals surface area contributed by atoms with Gasteiger partial charge in [0.05, 0.1) is 5.52 Å². The Morgan fingerprint density at radius 3 is 2.46 bits per heavy atom. The largest absolute Gasteiger partial charge is 0.450 e. The van der Waals surface area contributed by atoms with Crippen LogP contribution in [-0.4, -0.2) is 16.7 Å². The fraction of sp³-hybridized carbons (Fsp3) is 0.0952. The number of pyridine rings is 1. The number of aromatic nitrogens is 1. The molecule has 0 aliphatic heterocycles. The molecule has 0 aliphatic rings. The van der Waals surface area contributed by atoms with Crippen molar-refractivity contribution in [3.8, 4) is 0 Å². The summed E-state index contributed by atoms with van der Waals surface area (Å²) in [6, 6.07) is 16.1. The van der Waals surface area contributed by atoms with Crippen molar-refractivity contribution < 1.29 is 14.0 Å². The molecule has 0 unspecified atom stereocenters. The average Bonchev–Trinajstić information content (AvgIpc) is 3.09. The van der Waals surface area contributed by atoms with E-state index in [1.807, 2.05) is 31.2 Å². The van der Waals surface area contributed by atoms with E-state index < -0.39 is 0 Å². The van der Waals surface area contributed by atoms with Crippen LogP contribution in [0.2, 0.25) is 0 Å². The van der Waals surface area contributed by atoms with E-state index in [9.17, 15) is 9.59 Å². The first-order valence-corrected chi connectivity index (χ1v) is 8.24. The maximum Gasteiger partial charge on any atom is 0.291 e. The van der Waals surface area contributed by atoms with Gasteiger partial charge in [-0.2, -0.15) is 0 Å². The minimum absolute atomic E-state index is 0.0185. The predicted molar refractivity (Wildman–Crippen MR) is 101 cm³/mol. The number of hydrogen-bond donors (Lipinski definition) is 1. The lowest BCUT2D eigenvalue weighted by molar-refractivity contribution is 0.0996. The Morgan fingerprint density at radius 2 is 1.73 bits per heavy atom. The number of aryl methyl sites for hydroxylation is 1. The van der Waals surface area contributed by atoms with Crippen LogP contribution in [0.15, 0.2) is 59.0 Å². The van der Waals surface area contributed by atoms with E-state index in [1.54, 1.807) is 30.3 Å². The first-order valence-electron chi connectivity index (χ1n) is 8.24. The Morgan fingerprint density at radius 1 is 1.00 bits per heavy atom. The minimum atomic E-state index is -0.347. The van der Waals surface area contributed by atoms with E-state index in [1.165, 1.54) is 6.92 Å². The number of nitrogens with zero attached hydrogens (tertiary/aromatic N) is 1. The van der Waals surface area contributed by atoms with Gasteiger partial charge in [-0.1, -0.05) is 12.1 Å². The summed E-state index contributed by atoms with van der Waals surface area (Å²) in [7, 11) is 0. The molecule has 0 saturated carbocycles. The van der Waals surface area contributed by atoms with Gasteiger partial charge in [0.2, 0.25) is 0 Å². The van der Waals surface area contributed by atoms with Gasteiger partial charge < -0.3 is 9.73 Å². The van der Waals surface area contributed by atoms with Crippen molar-refractivity contribution in [1.82, 2.24) is 4.98 Å². The van der Waals surface area contributed by atoms with E-state index in [-0.39, 0.29) is 17.5 Å². The van der Waals surface area contributed by atoms with Crippen LogP contribution < -0.4 is 5.32 Å². The van der Waals surface area contributed by atoms with Crippen LogP contribution >= 0.6 is 0 Å². The summed E-state index contributed by atoms with van der Waals surface area (Å²) in [4.78, 5) is 28.5. The number of anilines is 1. The lowest BCUT2D eigenvalue weighted by Gasteiger charge is -2.03. The van der Waals surface area contributed by atoms with Crippen molar-refractivity contribution in [3.63, 3.8) is 0 Å². The molecule has 0 atom stereocenters. The number of hydrogen-bond acceptors (Lipinski definition) is 4. The van der Waals surface area contributed by atoms with Gasteiger partial charge in [0.25, 0.3) is 5.91 Å². The molecule has 0 saturated heterocycles.